The van der Waals surface area contributed by atoms with Gasteiger partial charge in [0.15, 0.2) is 5.60 Å². The van der Waals surface area contributed by atoms with Crippen LogP contribution >= 0.6 is 11.8 Å². The standard InChI is InChI=1S/C23H29FO5S/c1-6-27-18(13-28-17-8-7-15(2)20(24)12-17)14-30-19-9-10-21(16(3)11-19)29-23(4,5)22(25)26/h7-12,18H,6,13-14H2,1-5H3,(H,25,26). The Morgan fingerprint density at radius 1 is 1.17 bits per heavy atom. The lowest BCUT2D eigenvalue weighted by atomic mass is 10.1. The van der Waals surface area contributed by atoms with Crippen LogP contribution in [0.25, 0.3) is 0 Å². The van der Waals surface area contributed by atoms with Crippen molar-refractivity contribution in [3.05, 3.63) is 53.3 Å². The van der Waals surface area contributed by atoms with Crippen molar-refractivity contribution in [3.63, 3.8) is 0 Å². The van der Waals surface area contributed by atoms with Gasteiger partial charge in [0.25, 0.3) is 0 Å². The molecule has 0 bridgehead atoms. The fourth-order valence-electron chi connectivity index (χ4n) is 2.57. The van der Waals surface area contributed by atoms with Crippen molar-refractivity contribution in [2.24, 2.45) is 0 Å². The molecule has 164 valence electrons. The monoisotopic (exact) mass is 436 g/mol. The fraction of sp³-hybridized carbons (Fsp3) is 0.435. The van der Waals surface area contributed by atoms with Crippen LogP contribution in [0.15, 0.2) is 41.3 Å². The highest BCUT2D eigenvalue weighted by Crippen LogP contribution is 2.29. The summed E-state index contributed by atoms with van der Waals surface area (Å²) in [6.45, 7) is 9.41. The Kier molecular flexibility index (Phi) is 8.55. The van der Waals surface area contributed by atoms with E-state index in [9.17, 15) is 14.3 Å². The number of carbonyl (C=O) groups is 1. The van der Waals surface area contributed by atoms with Crippen molar-refractivity contribution < 1.29 is 28.5 Å². The Hall–Kier alpha value is -2.25. The summed E-state index contributed by atoms with van der Waals surface area (Å²) >= 11 is 1.61. The molecule has 5 nitrogen and oxygen atoms in total. The molecule has 0 fully saturated rings. The first-order chi connectivity index (χ1) is 14.1. The van der Waals surface area contributed by atoms with E-state index in [4.69, 9.17) is 14.2 Å². The van der Waals surface area contributed by atoms with Gasteiger partial charge in [-0.15, -0.1) is 11.8 Å². The number of aliphatic carboxylic acids is 1. The van der Waals surface area contributed by atoms with Crippen molar-refractivity contribution in [2.75, 3.05) is 19.0 Å². The van der Waals surface area contributed by atoms with E-state index in [1.807, 2.05) is 26.0 Å². The van der Waals surface area contributed by atoms with Crippen molar-refractivity contribution >= 4 is 17.7 Å². The van der Waals surface area contributed by atoms with Gasteiger partial charge in [-0.2, -0.15) is 0 Å². The first-order valence-corrected chi connectivity index (χ1v) is 10.8. The van der Waals surface area contributed by atoms with Gasteiger partial charge in [0.1, 0.15) is 30.0 Å². The van der Waals surface area contributed by atoms with E-state index < -0.39 is 11.6 Å². The van der Waals surface area contributed by atoms with Crippen LogP contribution in [0.5, 0.6) is 11.5 Å². The molecule has 0 aliphatic heterocycles. The van der Waals surface area contributed by atoms with Gasteiger partial charge >= 0.3 is 5.97 Å². The van der Waals surface area contributed by atoms with E-state index in [1.165, 1.54) is 19.9 Å². The third-order valence-corrected chi connectivity index (χ3v) is 5.57. The number of carboxylic acid groups (broad SMARTS) is 1. The minimum Gasteiger partial charge on any atom is -0.491 e. The predicted octanol–water partition coefficient (Wildman–Crippen LogP) is 5.26. The number of hydrogen-bond acceptors (Lipinski definition) is 5. The topological polar surface area (TPSA) is 65.0 Å². The normalized spacial score (nSPS) is 12.5. The summed E-state index contributed by atoms with van der Waals surface area (Å²) in [5.41, 5.74) is 0.134. The molecule has 2 aromatic rings. The molecular weight excluding hydrogens is 407 g/mol. The van der Waals surface area contributed by atoms with Gasteiger partial charge in [0.05, 0.1) is 0 Å². The van der Waals surface area contributed by atoms with Gasteiger partial charge in [-0.25, -0.2) is 9.18 Å². The molecule has 0 spiro atoms. The Labute approximate surface area is 181 Å². The zero-order valence-corrected chi connectivity index (χ0v) is 18.8. The van der Waals surface area contributed by atoms with E-state index in [0.29, 0.717) is 36.0 Å². The summed E-state index contributed by atoms with van der Waals surface area (Å²) in [5, 5.41) is 9.23. The highest BCUT2D eigenvalue weighted by Gasteiger charge is 2.29. The average molecular weight is 437 g/mol. The van der Waals surface area contributed by atoms with Gasteiger partial charge in [-0.3, -0.25) is 0 Å². The predicted molar refractivity (Wildman–Crippen MR) is 116 cm³/mol. The molecule has 30 heavy (non-hydrogen) atoms. The van der Waals surface area contributed by atoms with Crippen molar-refractivity contribution in [1.29, 1.82) is 0 Å². The SMILES string of the molecule is CCOC(COc1ccc(C)c(F)c1)CSc1ccc(OC(C)(C)C(=O)O)c(C)c1. The molecule has 0 aromatic heterocycles. The second kappa shape index (κ2) is 10.7. The molecule has 0 radical (unpaired) electrons. The minimum atomic E-state index is -1.30. The van der Waals surface area contributed by atoms with Gasteiger partial charge in [0.2, 0.25) is 0 Å². The van der Waals surface area contributed by atoms with Gasteiger partial charge < -0.3 is 19.3 Å². The number of ether oxygens (including phenoxy) is 3. The first kappa shape index (κ1) is 24.0. The van der Waals surface area contributed by atoms with E-state index in [1.54, 1.807) is 36.9 Å². The zero-order valence-electron chi connectivity index (χ0n) is 18.0. The molecule has 1 unspecified atom stereocenters. The molecule has 0 aliphatic carbocycles. The second-order valence-corrected chi connectivity index (χ2v) is 8.55. The highest BCUT2D eigenvalue weighted by atomic mass is 32.2. The van der Waals surface area contributed by atoms with E-state index in [-0.39, 0.29) is 11.9 Å². The lowest BCUT2D eigenvalue weighted by Gasteiger charge is -2.23. The number of hydrogen-bond donors (Lipinski definition) is 1. The third-order valence-electron chi connectivity index (χ3n) is 4.44. The van der Waals surface area contributed by atoms with Crippen LogP contribution in [0.4, 0.5) is 4.39 Å². The minimum absolute atomic E-state index is 0.161. The highest BCUT2D eigenvalue weighted by molar-refractivity contribution is 7.99. The Morgan fingerprint density at radius 2 is 1.90 bits per heavy atom. The smallest absolute Gasteiger partial charge is 0.347 e. The summed E-state index contributed by atoms with van der Waals surface area (Å²) in [5.74, 6) is 0.360. The zero-order chi connectivity index (χ0) is 22.3. The maximum absolute atomic E-state index is 13.7. The number of thioether (sulfide) groups is 1. The molecule has 0 heterocycles. The Balaban J connectivity index is 1.95. The van der Waals surface area contributed by atoms with Crippen LogP contribution in [0.2, 0.25) is 0 Å². The summed E-state index contributed by atoms with van der Waals surface area (Å²) in [6.07, 6.45) is -0.161. The summed E-state index contributed by atoms with van der Waals surface area (Å²) < 4.78 is 30.8. The molecule has 0 saturated heterocycles. The van der Waals surface area contributed by atoms with Crippen molar-refractivity contribution in [2.45, 2.75) is 51.2 Å². The molecule has 2 aromatic carbocycles. The molecule has 1 atom stereocenters. The Morgan fingerprint density at radius 3 is 2.50 bits per heavy atom. The van der Waals surface area contributed by atoms with Crippen LogP contribution in [0.1, 0.15) is 31.9 Å². The second-order valence-electron chi connectivity index (χ2n) is 7.46. The van der Waals surface area contributed by atoms with Gasteiger partial charge in [-0.05, 0) is 70.0 Å². The third kappa shape index (κ3) is 6.92. The van der Waals surface area contributed by atoms with Crippen molar-refractivity contribution in [3.8, 4) is 11.5 Å². The molecule has 2 rings (SSSR count). The number of halogens is 1. The van der Waals surface area contributed by atoms with Crippen LogP contribution in [-0.4, -0.2) is 41.7 Å². The quantitative estimate of drug-likeness (QED) is 0.485. The molecule has 1 N–H and O–H groups in total. The molecule has 0 amide bonds. The summed E-state index contributed by atoms with van der Waals surface area (Å²) in [4.78, 5) is 12.3. The van der Waals surface area contributed by atoms with E-state index in [0.717, 1.165) is 10.5 Å². The lowest BCUT2D eigenvalue weighted by molar-refractivity contribution is -0.152. The number of aryl methyl sites for hydroxylation is 2. The largest absolute Gasteiger partial charge is 0.491 e. The Bertz CT molecular complexity index is 869. The summed E-state index contributed by atoms with van der Waals surface area (Å²) in [7, 11) is 0. The fourth-order valence-corrected chi connectivity index (χ4v) is 3.56. The van der Waals surface area contributed by atoms with Crippen LogP contribution < -0.4 is 9.47 Å². The average Bonchev–Trinajstić information content (AvgIpc) is 2.68. The maximum atomic E-state index is 13.7. The van der Waals surface area contributed by atoms with Crippen LogP contribution in [-0.2, 0) is 9.53 Å². The van der Waals surface area contributed by atoms with E-state index >= 15 is 0 Å². The molecular formula is C23H29FO5S. The van der Waals surface area contributed by atoms with Crippen molar-refractivity contribution in [1.82, 2.24) is 0 Å². The number of carboxylic acids is 1. The number of rotatable bonds is 11. The van der Waals surface area contributed by atoms with E-state index in [2.05, 4.69) is 0 Å². The van der Waals surface area contributed by atoms with Gasteiger partial charge in [-0.1, -0.05) is 6.07 Å². The maximum Gasteiger partial charge on any atom is 0.347 e. The van der Waals surface area contributed by atoms with Crippen LogP contribution in [0, 0.1) is 19.7 Å². The number of benzene rings is 2. The first-order valence-electron chi connectivity index (χ1n) is 9.78. The van der Waals surface area contributed by atoms with Crippen LogP contribution in [0.3, 0.4) is 0 Å². The molecule has 0 aliphatic rings. The summed E-state index contributed by atoms with van der Waals surface area (Å²) in [6, 6.07) is 10.4. The molecule has 7 heteroatoms. The lowest BCUT2D eigenvalue weighted by Crippen LogP contribution is -2.38. The molecule has 0 saturated carbocycles. The van der Waals surface area contributed by atoms with Gasteiger partial charge in [0, 0.05) is 23.3 Å².